The van der Waals surface area contributed by atoms with Crippen LogP contribution in [0.3, 0.4) is 0 Å². The highest BCUT2D eigenvalue weighted by Gasteiger charge is 2.03. The van der Waals surface area contributed by atoms with Crippen molar-refractivity contribution in [2.45, 2.75) is 0 Å². The van der Waals surface area contributed by atoms with Gasteiger partial charge >= 0.3 is 0 Å². The van der Waals surface area contributed by atoms with Crippen molar-refractivity contribution < 1.29 is 4.74 Å². The lowest BCUT2D eigenvalue weighted by atomic mass is 10.3. The molecule has 0 atom stereocenters. The number of thiazole rings is 1. The minimum absolute atomic E-state index is 0.646. The van der Waals surface area contributed by atoms with Gasteiger partial charge in [-0.25, -0.2) is 4.98 Å². The fraction of sp³-hybridized carbons (Fsp3) is 0.0714. The van der Waals surface area contributed by atoms with E-state index < -0.39 is 0 Å². The molecule has 100 valence electrons. The lowest BCUT2D eigenvalue weighted by molar-refractivity contribution is 0.415. The Labute approximate surface area is 120 Å². The Bertz CT molecular complexity index is 701. The Balaban J connectivity index is 1.89. The molecule has 1 aromatic carbocycles. The number of azo groups is 1. The first-order chi connectivity index (χ1) is 9.86. The summed E-state index contributed by atoms with van der Waals surface area (Å²) in [5, 5.41) is 10.9. The Morgan fingerprint density at radius 3 is 2.70 bits per heavy atom. The lowest BCUT2D eigenvalue weighted by Gasteiger charge is -2.06. The third kappa shape index (κ3) is 2.60. The first-order valence-corrected chi connectivity index (χ1v) is 6.88. The summed E-state index contributed by atoms with van der Waals surface area (Å²) in [6.45, 7) is 0. The average molecular weight is 284 g/mol. The van der Waals surface area contributed by atoms with Crippen molar-refractivity contribution in [2.75, 3.05) is 7.11 Å². The molecular weight excluding hydrogens is 272 g/mol. The minimum Gasteiger partial charge on any atom is -0.497 e. The van der Waals surface area contributed by atoms with Gasteiger partial charge in [-0.15, -0.1) is 21.6 Å². The van der Waals surface area contributed by atoms with E-state index in [0.717, 1.165) is 17.3 Å². The molecule has 0 saturated carbocycles. The van der Waals surface area contributed by atoms with Crippen LogP contribution in [0.5, 0.6) is 5.75 Å². The number of benzene rings is 1. The van der Waals surface area contributed by atoms with Crippen LogP contribution in [0.25, 0.3) is 5.69 Å². The molecule has 6 heteroatoms. The zero-order valence-corrected chi connectivity index (χ0v) is 11.6. The molecule has 5 nitrogen and oxygen atoms in total. The van der Waals surface area contributed by atoms with Gasteiger partial charge in [-0.1, -0.05) is 0 Å². The van der Waals surface area contributed by atoms with Crippen molar-refractivity contribution in [3.05, 3.63) is 54.2 Å². The molecule has 0 unspecified atom stereocenters. The predicted molar refractivity (Wildman–Crippen MR) is 78.6 cm³/mol. The fourth-order valence-corrected chi connectivity index (χ4v) is 2.23. The summed E-state index contributed by atoms with van der Waals surface area (Å²) >= 11 is 1.45. The Morgan fingerprint density at radius 1 is 1.15 bits per heavy atom. The molecule has 20 heavy (non-hydrogen) atoms. The third-order valence-electron chi connectivity index (χ3n) is 2.74. The molecule has 0 amide bonds. The van der Waals surface area contributed by atoms with Gasteiger partial charge in [-0.3, -0.25) is 0 Å². The molecule has 0 N–H and O–H groups in total. The van der Waals surface area contributed by atoms with Gasteiger partial charge in [-0.05, 0) is 36.4 Å². The standard InChI is InChI=1S/C14H12N4OS/c1-19-12-6-4-11(5-7-12)18-9-2-3-13(18)16-17-14-15-8-10-20-14/h2-10H,1H3/b17-16+. The fourth-order valence-electron chi connectivity index (χ4n) is 1.77. The number of rotatable bonds is 4. The molecule has 0 bridgehead atoms. The van der Waals surface area contributed by atoms with E-state index in [2.05, 4.69) is 15.2 Å². The van der Waals surface area contributed by atoms with E-state index in [9.17, 15) is 0 Å². The molecule has 0 spiro atoms. The molecule has 0 aliphatic heterocycles. The highest BCUT2D eigenvalue weighted by molar-refractivity contribution is 7.13. The second-order valence-electron chi connectivity index (χ2n) is 3.95. The van der Waals surface area contributed by atoms with Crippen molar-refractivity contribution in [3.63, 3.8) is 0 Å². The number of hydrogen-bond donors (Lipinski definition) is 0. The molecule has 0 fully saturated rings. The Hall–Kier alpha value is -2.47. The van der Waals surface area contributed by atoms with Crippen molar-refractivity contribution in [1.29, 1.82) is 0 Å². The quantitative estimate of drug-likeness (QED) is 0.668. The van der Waals surface area contributed by atoms with Crippen molar-refractivity contribution in [1.82, 2.24) is 9.55 Å². The van der Waals surface area contributed by atoms with Crippen LogP contribution in [-0.4, -0.2) is 16.7 Å². The minimum atomic E-state index is 0.646. The SMILES string of the molecule is COc1ccc(-n2cccc2/N=N/c2nccs2)cc1. The maximum Gasteiger partial charge on any atom is 0.229 e. The number of nitrogens with zero attached hydrogens (tertiary/aromatic N) is 4. The van der Waals surface area contributed by atoms with Crippen molar-refractivity contribution in [2.24, 2.45) is 10.2 Å². The van der Waals surface area contributed by atoms with E-state index in [1.165, 1.54) is 11.3 Å². The number of aromatic nitrogens is 2. The summed E-state index contributed by atoms with van der Waals surface area (Å²) in [6, 6.07) is 11.6. The van der Waals surface area contributed by atoms with Crippen LogP contribution in [0.15, 0.2) is 64.4 Å². The summed E-state index contributed by atoms with van der Waals surface area (Å²) in [6.07, 6.45) is 3.65. The van der Waals surface area contributed by atoms with Crippen LogP contribution in [0.2, 0.25) is 0 Å². The highest BCUT2D eigenvalue weighted by atomic mass is 32.1. The molecule has 2 aromatic heterocycles. The van der Waals surface area contributed by atoms with Crippen LogP contribution in [-0.2, 0) is 0 Å². The van der Waals surface area contributed by atoms with Gasteiger partial charge in [0, 0.05) is 23.5 Å². The van der Waals surface area contributed by atoms with E-state index in [1.807, 2.05) is 52.5 Å². The molecule has 3 aromatic rings. The molecule has 0 aliphatic rings. The topological polar surface area (TPSA) is 51.8 Å². The lowest BCUT2D eigenvalue weighted by Crippen LogP contribution is -1.91. The van der Waals surface area contributed by atoms with E-state index in [1.54, 1.807) is 13.3 Å². The van der Waals surface area contributed by atoms with Crippen molar-refractivity contribution >= 4 is 22.3 Å². The smallest absolute Gasteiger partial charge is 0.229 e. The van der Waals surface area contributed by atoms with Crippen LogP contribution in [0.1, 0.15) is 0 Å². The summed E-state index contributed by atoms with van der Waals surface area (Å²) in [7, 11) is 1.65. The van der Waals surface area contributed by atoms with Gasteiger partial charge < -0.3 is 9.30 Å². The zero-order valence-electron chi connectivity index (χ0n) is 10.8. The van der Waals surface area contributed by atoms with Gasteiger partial charge in [-0.2, -0.15) is 0 Å². The van der Waals surface area contributed by atoms with Crippen LogP contribution >= 0.6 is 11.3 Å². The first-order valence-electron chi connectivity index (χ1n) is 6.00. The average Bonchev–Trinajstić information content (AvgIpc) is 3.16. The maximum atomic E-state index is 5.16. The van der Waals surface area contributed by atoms with E-state index in [0.29, 0.717) is 5.13 Å². The Morgan fingerprint density at radius 2 is 2.00 bits per heavy atom. The van der Waals surface area contributed by atoms with Gasteiger partial charge in [0.25, 0.3) is 0 Å². The van der Waals surface area contributed by atoms with E-state index in [-0.39, 0.29) is 0 Å². The second kappa shape index (κ2) is 5.66. The molecule has 0 aliphatic carbocycles. The van der Waals surface area contributed by atoms with Crippen LogP contribution in [0.4, 0.5) is 10.9 Å². The van der Waals surface area contributed by atoms with Crippen molar-refractivity contribution in [3.8, 4) is 11.4 Å². The summed E-state index contributed by atoms with van der Waals surface area (Å²) in [5.41, 5.74) is 1.00. The van der Waals surface area contributed by atoms with Gasteiger partial charge in [0.05, 0.1) is 7.11 Å². The van der Waals surface area contributed by atoms with Crippen LogP contribution < -0.4 is 4.74 Å². The number of ether oxygens (including phenoxy) is 1. The molecule has 0 radical (unpaired) electrons. The number of methoxy groups -OCH3 is 1. The largest absolute Gasteiger partial charge is 0.497 e. The summed E-state index contributed by atoms with van der Waals surface area (Å²) < 4.78 is 7.11. The number of hydrogen-bond acceptors (Lipinski definition) is 5. The maximum absolute atomic E-state index is 5.16. The molecule has 2 heterocycles. The molecule has 0 saturated heterocycles. The van der Waals surface area contributed by atoms with Gasteiger partial charge in [0.15, 0.2) is 5.82 Å². The van der Waals surface area contributed by atoms with Gasteiger partial charge in [0.1, 0.15) is 5.75 Å². The normalized spacial score (nSPS) is 11.1. The summed E-state index contributed by atoms with van der Waals surface area (Å²) in [5.74, 6) is 1.58. The molecular formula is C14H12N4OS. The second-order valence-corrected chi connectivity index (χ2v) is 4.82. The monoisotopic (exact) mass is 284 g/mol. The first kappa shape index (κ1) is 12.6. The van der Waals surface area contributed by atoms with Crippen LogP contribution in [0, 0.1) is 0 Å². The van der Waals surface area contributed by atoms with E-state index in [4.69, 9.17) is 4.74 Å². The highest BCUT2D eigenvalue weighted by Crippen LogP contribution is 2.24. The van der Waals surface area contributed by atoms with E-state index >= 15 is 0 Å². The third-order valence-corrected chi connectivity index (χ3v) is 3.39. The zero-order chi connectivity index (χ0) is 13.8. The Kier molecular flexibility index (Phi) is 3.56. The summed E-state index contributed by atoms with van der Waals surface area (Å²) in [4.78, 5) is 4.07. The van der Waals surface area contributed by atoms with Gasteiger partial charge in [0.2, 0.25) is 5.13 Å². The predicted octanol–water partition coefficient (Wildman–Crippen LogP) is 4.36. The molecule has 3 rings (SSSR count).